The fourth-order valence-electron chi connectivity index (χ4n) is 6.13. The second kappa shape index (κ2) is 7.13. The maximum absolute atomic E-state index is 13.8. The highest BCUT2D eigenvalue weighted by atomic mass is 16.2. The predicted molar refractivity (Wildman–Crippen MR) is 113 cm³/mol. The average molecular weight is 392 g/mol. The molecule has 2 bridgehead atoms. The van der Waals surface area contributed by atoms with Gasteiger partial charge >= 0.3 is 0 Å². The molecule has 0 unspecified atom stereocenters. The Morgan fingerprint density at radius 3 is 2.69 bits per heavy atom. The number of H-pyrrole nitrogens is 1. The van der Waals surface area contributed by atoms with Crippen LogP contribution >= 0.6 is 0 Å². The number of amides is 1. The van der Waals surface area contributed by atoms with Gasteiger partial charge in [-0.15, -0.1) is 0 Å². The zero-order valence-corrected chi connectivity index (χ0v) is 16.9. The fraction of sp³-hybridized carbons (Fsp3) is 0.500. The summed E-state index contributed by atoms with van der Waals surface area (Å²) in [5, 5.41) is 3.93. The maximum Gasteiger partial charge on any atom is 0.255 e. The lowest BCUT2D eigenvalue weighted by atomic mass is 9.69. The second-order valence-electron chi connectivity index (χ2n) is 9.25. The van der Waals surface area contributed by atoms with E-state index in [0.717, 1.165) is 25.7 Å². The molecule has 1 aliphatic carbocycles. The van der Waals surface area contributed by atoms with Crippen LogP contribution in [0.3, 0.4) is 0 Å². The van der Waals surface area contributed by atoms with Gasteiger partial charge in [0.25, 0.3) is 5.91 Å². The van der Waals surface area contributed by atoms with E-state index in [1.807, 2.05) is 6.07 Å². The van der Waals surface area contributed by atoms with E-state index >= 15 is 0 Å². The first-order valence-electron chi connectivity index (χ1n) is 10.9. The van der Waals surface area contributed by atoms with Crippen molar-refractivity contribution in [3.05, 3.63) is 70.1 Å². The minimum absolute atomic E-state index is 0.0486. The third kappa shape index (κ3) is 3.12. The summed E-state index contributed by atoms with van der Waals surface area (Å²) in [4.78, 5) is 30.1. The number of fused-ring (bicyclic) bond motifs is 1. The van der Waals surface area contributed by atoms with E-state index in [1.54, 1.807) is 12.3 Å². The van der Waals surface area contributed by atoms with E-state index in [9.17, 15) is 9.59 Å². The van der Waals surface area contributed by atoms with Crippen molar-refractivity contribution in [2.24, 2.45) is 5.41 Å². The number of nitrogens with zero attached hydrogens (tertiary/aromatic N) is 1. The molecule has 5 rings (SSSR count). The summed E-state index contributed by atoms with van der Waals surface area (Å²) in [6.45, 7) is 2.38. The van der Waals surface area contributed by atoms with Gasteiger partial charge in [0.15, 0.2) is 0 Å². The summed E-state index contributed by atoms with van der Waals surface area (Å²) >= 11 is 0. The molecular formula is C24H29N3O2. The molecule has 29 heavy (non-hydrogen) atoms. The molecule has 2 saturated heterocycles. The third-order valence-electron chi connectivity index (χ3n) is 7.56. The molecule has 1 aromatic heterocycles. The van der Waals surface area contributed by atoms with Crippen LogP contribution in [0.25, 0.3) is 0 Å². The quantitative estimate of drug-likeness (QED) is 0.845. The molecule has 1 amide bonds. The van der Waals surface area contributed by atoms with Crippen LogP contribution in [0.4, 0.5) is 0 Å². The Labute approximate surface area is 171 Å². The summed E-state index contributed by atoms with van der Waals surface area (Å²) in [6.07, 6.45) is 8.20. The van der Waals surface area contributed by atoms with Crippen LogP contribution in [0.15, 0.2) is 53.5 Å². The molecule has 2 N–H and O–H groups in total. The van der Waals surface area contributed by atoms with Gasteiger partial charge in [0, 0.05) is 35.8 Å². The Kier molecular flexibility index (Phi) is 4.58. The number of hydrogen-bond donors (Lipinski definition) is 2. The van der Waals surface area contributed by atoms with Gasteiger partial charge in [-0.3, -0.25) is 9.59 Å². The monoisotopic (exact) mass is 391 g/mol. The third-order valence-corrected chi connectivity index (χ3v) is 7.56. The van der Waals surface area contributed by atoms with Crippen molar-refractivity contribution in [1.82, 2.24) is 15.2 Å². The Morgan fingerprint density at radius 1 is 1.14 bits per heavy atom. The van der Waals surface area contributed by atoms with Crippen LogP contribution in [0.1, 0.15) is 54.9 Å². The van der Waals surface area contributed by atoms with E-state index in [2.05, 4.69) is 46.4 Å². The van der Waals surface area contributed by atoms with Crippen LogP contribution in [-0.4, -0.2) is 40.0 Å². The number of benzene rings is 1. The number of piperidine rings is 1. The van der Waals surface area contributed by atoms with Crippen LogP contribution in [-0.2, 0) is 6.42 Å². The molecule has 0 spiro atoms. The number of carbonyl (C=O) groups excluding carboxylic acids is 1. The Balaban J connectivity index is 1.57. The topological polar surface area (TPSA) is 65.2 Å². The molecule has 5 atom stereocenters. The van der Waals surface area contributed by atoms with Crippen molar-refractivity contribution in [2.75, 3.05) is 0 Å². The van der Waals surface area contributed by atoms with Crippen molar-refractivity contribution < 1.29 is 4.79 Å². The van der Waals surface area contributed by atoms with E-state index in [-0.39, 0.29) is 29.0 Å². The van der Waals surface area contributed by atoms with Gasteiger partial charge in [0.2, 0.25) is 5.56 Å². The lowest BCUT2D eigenvalue weighted by Gasteiger charge is -2.51. The zero-order valence-electron chi connectivity index (χ0n) is 16.9. The number of rotatable bonds is 3. The van der Waals surface area contributed by atoms with Crippen LogP contribution < -0.4 is 10.9 Å². The second-order valence-corrected chi connectivity index (χ2v) is 9.25. The van der Waals surface area contributed by atoms with Crippen molar-refractivity contribution in [3.63, 3.8) is 0 Å². The first kappa shape index (κ1) is 18.6. The van der Waals surface area contributed by atoms with Crippen LogP contribution in [0.2, 0.25) is 0 Å². The summed E-state index contributed by atoms with van der Waals surface area (Å²) in [6, 6.07) is 14.8. The molecule has 1 saturated carbocycles. The van der Waals surface area contributed by atoms with E-state index in [4.69, 9.17) is 0 Å². The Morgan fingerprint density at radius 2 is 1.93 bits per heavy atom. The summed E-state index contributed by atoms with van der Waals surface area (Å²) in [5.41, 5.74) is 1.78. The largest absolute Gasteiger partial charge is 0.330 e. The van der Waals surface area contributed by atoms with E-state index in [1.165, 1.54) is 24.5 Å². The number of nitrogens with one attached hydrogen (secondary N) is 2. The lowest BCUT2D eigenvalue weighted by Crippen LogP contribution is -2.61. The summed E-state index contributed by atoms with van der Waals surface area (Å²) in [5.74, 6) is 0.0486. The zero-order chi connectivity index (χ0) is 20.0. The standard InChI is InChI=1S/C24H29N3O2/c1-24-14-18-19(13-16-7-3-2-4-8-16)27(21(24)10-6-5-9-20(24)26-18)23(29)17-11-12-22(28)25-15-17/h2-4,7-8,11-12,15,18-21,26H,5-6,9-10,13-14H2,1H3,(H,25,28)/t18-,19-,20-,21+,24-/m0/s1. The molecule has 5 heteroatoms. The maximum atomic E-state index is 13.8. The van der Waals surface area contributed by atoms with Gasteiger partial charge in [0.1, 0.15) is 0 Å². The highest BCUT2D eigenvalue weighted by Crippen LogP contribution is 2.51. The smallest absolute Gasteiger partial charge is 0.255 e. The molecule has 152 valence electrons. The molecule has 3 heterocycles. The van der Waals surface area contributed by atoms with Gasteiger partial charge < -0.3 is 15.2 Å². The number of hydrogen-bond acceptors (Lipinski definition) is 3. The minimum atomic E-state index is -0.177. The Bertz CT molecular complexity index is 936. The Hall–Kier alpha value is -2.40. The first-order valence-corrected chi connectivity index (χ1v) is 10.9. The van der Waals surface area contributed by atoms with Gasteiger partial charge in [-0.1, -0.05) is 50.1 Å². The van der Waals surface area contributed by atoms with Gasteiger partial charge in [0.05, 0.1) is 11.6 Å². The summed E-state index contributed by atoms with van der Waals surface area (Å²) < 4.78 is 0. The minimum Gasteiger partial charge on any atom is -0.330 e. The normalized spacial score (nSPS) is 33.3. The first-order chi connectivity index (χ1) is 14.1. The van der Waals surface area contributed by atoms with Crippen molar-refractivity contribution in [1.29, 1.82) is 0 Å². The highest BCUT2D eigenvalue weighted by Gasteiger charge is 2.59. The van der Waals surface area contributed by atoms with Crippen molar-refractivity contribution in [2.45, 2.75) is 69.6 Å². The molecule has 5 nitrogen and oxygen atoms in total. The van der Waals surface area contributed by atoms with Gasteiger partial charge in [-0.25, -0.2) is 0 Å². The van der Waals surface area contributed by atoms with E-state index < -0.39 is 0 Å². The number of carbonyl (C=O) groups is 1. The van der Waals surface area contributed by atoms with Gasteiger partial charge in [-0.2, -0.15) is 0 Å². The van der Waals surface area contributed by atoms with Crippen LogP contribution in [0, 0.1) is 5.41 Å². The summed E-state index contributed by atoms with van der Waals surface area (Å²) in [7, 11) is 0. The molecule has 0 radical (unpaired) electrons. The predicted octanol–water partition coefficient (Wildman–Crippen LogP) is 3.12. The lowest BCUT2D eigenvalue weighted by molar-refractivity contribution is 0.00311. The number of aromatic nitrogens is 1. The molecule has 3 fully saturated rings. The number of aromatic amines is 1. The number of likely N-dealkylation sites (tertiary alicyclic amines) is 1. The van der Waals surface area contributed by atoms with Crippen molar-refractivity contribution in [3.8, 4) is 0 Å². The molecule has 2 aliphatic heterocycles. The van der Waals surface area contributed by atoms with Crippen LogP contribution in [0.5, 0.6) is 0 Å². The molecule has 1 aromatic carbocycles. The SMILES string of the molecule is C[C@]12C[C@@H]3N[C@H]1CCCC[C@H]2N(C(=O)c1ccc(=O)[nH]c1)[C@H]3Cc1ccccc1. The molecule has 3 aliphatic rings. The molecule has 2 aromatic rings. The average Bonchev–Trinajstić information content (AvgIpc) is 2.94. The van der Waals surface area contributed by atoms with Crippen molar-refractivity contribution >= 4 is 5.91 Å². The molecular weight excluding hydrogens is 362 g/mol. The van der Waals surface area contributed by atoms with Gasteiger partial charge in [-0.05, 0) is 37.3 Å². The highest BCUT2D eigenvalue weighted by molar-refractivity contribution is 5.94. The number of pyridine rings is 1. The fourth-order valence-corrected chi connectivity index (χ4v) is 6.13. The van der Waals surface area contributed by atoms with E-state index in [0.29, 0.717) is 17.6 Å².